The van der Waals surface area contributed by atoms with E-state index in [-0.39, 0.29) is 22.9 Å². The first-order valence-corrected chi connectivity index (χ1v) is 9.24. The molecule has 0 bridgehead atoms. The zero-order chi connectivity index (χ0) is 18.6. The lowest BCUT2D eigenvalue weighted by atomic mass is 10.3. The van der Waals surface area contributed by atoms with E-state index in [4.69, 9.17) is 4.74 Å². The van der Waals surface area contributed by atoms with Crippen molar-refractivity contribution in [3.05, 3.63) is 66.6 Å². The van der Waals surface area contributed by atoms with Crippen LogP contribution in [0.2, 0.25) is 0 Å². The highest BCUT2D eigenvalue weighted by Gasteiger charge is 2.25. The lowest BCUT2D eigenvalue weighted by molar-refractivity contribution is 0.0527. The predicted molar refractivity (Wildman–Crippen MR) is 94.6 cm³/mol. The standard InChI is InChI=1S/C17H16N4O4S/c1-2-25-17(22)15-12-19-21(13-7-4-3-5-8-13)16(15)20-26(23,24)14-9-6-10-18-11-14/h3-12,20H,2H2,1H3. The smallest absolute Gasteiger partial charge is 0.343 e. The van der Waals surface area contributed by atoms with Crippen LogP contribution in [0.5, 0.6) is 0 Å². The molecule has 0 radical (unpaired) electrons. The molecule has 0 unspecified atom stereocenters. The van der Waals surface area contributed by atoms with Gasteiger partial charge >= 0.3 is 5.97 Å². The van der Waals surface area contributed by atoms with E-state index in [2.05, 4.69) is 14.8 Å². The minimum Gasteiger partial charge on any atom is -0.462 e. The Hall–Kier alpha value is -3.20. The number of aromatic nitrogens is 3. The van der Waals surface area contributed by atoms with Gasteiger partial charge in [0.2, 0.25) is 0 Å². The van der Waals surface area contributed by atoms with Crippen LogP contribution < -0.4 is 4.72 Å². The van der Waals surface area contributed by atoms with E-state index in [1.165, 1.54) is 35.4 Å². The van der Waals surface area contributed by atoms with E-state index < -0.39 is 16.0 Å². The van der Waals surface area contributed by atoms with Gasteiger partial charge in [-0.1, -0.05) is 18.2 Å². The number of carbonyl (C=O) groups is 1. The molecule has 134 valence electrons. The van der Waals surface area contributed by atoms with Crippen molar-refractivity contribution in [2.45, 2.75) is 11.8 Å². The number of nitrogens with one attached hydrogen (secondary N) is 1. The van der Waals surface area contributed by atoms with Gasteiger partial charge in [0.25, 0.3) is 10.0 Å². The highest BCUT2D eigenvalue weighted by molar-refractivity contribution is 7.92. The van der Waals surface area contributed by atoms with Crippen LogP contribution in [-0.4, -0.2) is 35.8 Å². The molecule has 2 aromatic heterocycles. The molecular weight excluding hydrogens is 356 g/mol. The average Bonchev–Trinajstić information content (AvgIpc) is 3.06. The van der Waals surface area contributed by atoms with Crippen molar-refractivity contribution in [3.8, 4) is 5.69 Å². The minimum atomic E-state index is -3.97. The number of ether oxygens (including phenoxy) is 1. The van der Waals surface area contributed by atoms with Gasteiger partial charge in [-0.25, -0.2) is 17.9 Å². The lowest BCUT2D eigenvalue weighted by Crippen LogP contribution is -2.18. The Morgan fingerprint density at radius 2 is 1.92 bits per heavy atom. The highest BCUT2D eigenvalue weighted by Crippen LogP contribution is 2.24. The first-order valence-electron chi connectivity index (χ1n) is 7.76. The molecule has 0 aliphatic carbocycles. The van der Waals surface area contributed by atoms with E-state index in [1.807, 2.05) is 6.07 Å². The molecule has 3 rings (SSSR count). The molecule has 26 heavy (non-hydrogen) atoms. The monoisotopic (exact) mass is 372 g/mol. The topological polar surface area (TPSA) is 103 Å². The SMILES string of the molecule is CCOC(=O)c1cnn(-c2ccccc2)c1NS(=O)(=O)c1cccnc1. The third-order valence-corrected chi connectivity index (χ3v) is 4.77. The second-order valence-corrected chi connectivity index (χ2v) is 6.85. The van der Waals surface area contributed by atoms with E-state index >= 15 is 0 Å². The average molecular weight is 372 g/mol. The molecule has 0 spiro atoms. The fraction of sp³-hybridized carbons (Fsp3) is 0.118. The number of esters is 1. The summed E-state index contributed by atoms with van der Waals surface area (Å²) in [6.45, 7) is 1.82. The van der Waals surface area contributed by atoms with Crippen LogP contribution in [0.1, 0.15) is 17.3 Å². The van der Waals surface area contributed by atoms with Gasteiger partial charge in [0.1, 0.15) is 10.5 Å². The van der Waals surface area contributed by atoms with Crippen LogP contribution in [0.25, 0.3) is 5.69 Å². The molecule has 0 aliphatic rings. The van der Waals surface area contributed by atoms with E-state index in [9.17, 15) is 13.2 Å². The quantitative estimate of drug-likeness (QED) is 0.666. The zero-order valence-electron chi connectivity index (χ0n) is 13.9. The van der Waals surface area contributed by atoms with Gasteiger partial charge in [0.15, 0.2) is 5.82 Å². The molecule has 3 aromatic rings. The Bertz CT molecular complexity index is 1000. The van der Waals surface area contributed by atoms with Crippen molar-refractivity contribution in [2.75, 3.05) is 11.3 Å². The molecule has 0 saturated carbocycles. The maximum atomic E-state index is 12.7. The van der Waals surface area contributed by atoms with Crippen LogP contribution in [0, 0.1) is 0 Å². The number of anilines is 1. The Kier molecular flexibility index (Phi) is 4.99. The zero-order valence-corrected chi connectivity index (χ0v) is 14.7. The van der Waals surface area contributed by atoms with Gasteiger partial charge in [-0.05, 0) is 31.2 Å². The number of nitrogens with zero attached hydrogens (tertiary/aromatic N) is 3. The number of carbonyl (C=O) groups excluding carboxylic acids is 1. The van der Waals surface area contributed by atoms with Gasteiger partial charge in [-0.2, -0.15) is 5.10 Å². The summed E-state index contributed by atoms with van der Waals surface area (Å²) in [4.78, 5) is 16.0. The first-order chi connectivity index (χ1) is 12.5. The lowest BCUT2D eigenvalue weighted by Gasteiger charge is -2.12. The Balaban J connectivity index is 2.09. The summed E-state index contributed by atoms with van der Waals surface area (Å²) in [5, 5.41) is 4.14. The second kappa shape index (κ2) is 7.36. The molecule has 0 amide bonds. The van der Waals surface area contributed by atoms with Crippen molar-refractivity contribution in [3.63, 3.8) is 0 Å². The summed E-state index contributed by atoms with van der Waals surface area (Å²) in [5.41, 5.74) is 0.607. The molecule has 1 N–H and O–H groups in total. The molecule has 2 heterocycles. The second-order valence-electron chi connectivity index (χ2n) is 5.17. The number of hydrogen-bond acceptors (Lipinski definition) is 6. The number of sulfonamides is 1. The third kappa shape index (κ3) is 3.57. The van der Waals surface area contributed by atoms with Crippen molar-refractivity contribution in [1.29, 1.82) is 0 Å². The molecule has 9 heteroatoms. The summed E-state index contributed by atoms with van der Waals surface area (Å²) >= 11 is 0. The van der Waals surface area contributed by atoms with Crippen LogP contribution in [0.15, 0.2) is 66.0 Å². The van der Waals surface area contributed by atoms with Crippen molar-refractivity contribution in [2.24, 2.45) is 0 Å². The first kappa shape index (κ1) is 17.6. The van der Waals surface area contributed by atoms with Crippen LogP contribution >= 0.6 is 0 Å². The van der Waals surface area contributed by atoms with Crippen molar-refractivity contribution < 1.29 is 17.9 Å². The molecule has 0 aliphatic heterocycles. The number of rotatable bonds is 6. The highest BCUT2D eigenvalue weighted by atomic mass is 32.2. The van der Waals surface area contributed by atoms with Gasteiger partial charge in [0.05, 0.1) is 18.5 Å². The number of benzene rings is 1. The maximum absolute atomic E-state index is 12.7. The van der Waals surface area contributed by atoms with Crippen LogP contribution in [0.4, 0.5) is 5.82 Å². The van der Waals surface area contributed by atoms with E-state index in [0.717, 1.165) is 0 Å². The molecule has 1 aromatic carbocycles. The third-order valence-electron chi connectivity index (χ3n) is 3.44. The fourth-order valence-electron chi connectivity index (χ4n) is 2.26. The fourth-order valence-corrected chi connectivity index (χ4v) is 3.29. The van der Waals surface area contributed by atoms with Crippen molar-refractivity contribution >= 4 is 21.8 Å². The van der Waals surface area contributed by atoms with Gasteiger partial charge in [0, 0.05) is 12.4 Å². The Labute approximate surface area is 150 Å². The summed E-state index contributed by atoms with van der Waals surface area (Å²) in [5.74, 6) is -0.669. The summed E-state index contributed by atoms with van der Waals surface area (Å²) in [7, 11) is -3.97. The van der Waals surface area contributed by atoms with Crippen LogP contribution in [-0.2, 0) is 14.8 Å². The number of hydrogen-bond donors (Lipinski definition) is 1. The Morgan fingerprint density at radius 3 is 2.58 bits per heavy atom. The normalized spacial score (nSPS) is 11.1. The molecule has 0 fully saturated rings. The summed E-state index contributed by atoms with van der Waals surface area (Å²) in [6.07, 6.45) is 3.96. The van der Waals surface area contributed by atoms with Crippen molar-refractivity contribution in [1.82, 2.24) is 14.8 Å². The van der Waals surface area contributed by atoms with Gasteiger partial charge in [-0.15, -0.1) is 0 Å². The van der Waals surface area contributed by atoms with Gasteiger partial charge < -0.3 is 4.74 Å². The molecule has 0 saturated heterocycles. The van der Waals surface area contributed by atoms with Crippen LogP contribution in [0.3, 0.4) is 0 Å². The summed E-state index contributed by atoms with van der Waals surface area (Å²) < 4.78 is 34.1. The molecule has 0 atom stereocenters. The Morgan fingerprint density at radius 1 is 1.15 bits per heavy atom. The number of pyridine rings is 1. The van der Waals surface area contributed by atoms with Gasteiger partial charge in [-0.3, -0.25) is 9.71 Å². The molecule has 8 nitrogen and oxygen atoms in total. The summed E-state index contributed by atoms with van der Waals surface area (Å²) in [6, 6.07) is 11.8. The van der Waals surface area contributed by atoms with E-state index in [1.54, 1.807) is 31.2 Å². The largest absolute Gasteiger partial charge is 0.462 e. The maximum Gasteiger partial charge on any atom is 0.343 e. The van der Waals surface area contributed by atoms with E-state index in [0.29, 0.717) is 5.69 Å². The number of para-hydroxylation sites is 1. The molecular formula is C17H16N4O4S. The predicted octanol–water partition coefficient (Wildman–Crippen LogP) is 2.24. The minimum absolute atomic E-state index is 0.00139.